The van der Waals surface area contributed by atoms with Gasteiger partial charge in [-0.2, -0.15) is 11.8 Å². The molecular weight excluding hydrogens is 348 g/mol. The first-order chi connectivity index (χ1) is 12.3. The van der Waals surface area contributed by atoms with Crippen molar-refractivity contribution in [1.82, 2.24) is 15.5 Å². The lowest BCUT2D eigenvalue weighted by atomic mass is 10.1. The van der Waals surface area contributed by atoms with Crippen LogP contribution in [0, 0.1) is 0 Å². The van der Waals surface area contributed by atoms with Gasteiger partial charge in [0.15, 0.2) is 5.96 Å². The molecule has 0 atom stereocenters. The lowest BCUT2D eigenvalue weighted by molar-refractivity contribution is -0.127. The third kappa shape index (κ3) is 8.47. The van der Waals surface area contributed by atoms with Crippen molar-refractivity contribution < 1.29 is 9.53 Å². The first-order valence-corrected chi connectivity index (χ1v) is 9.90. The predicted octanol–water partition coefficient (Wildman–Crippen LogP) is 2.00. The Morgan fingerprint density at radius 1 is 1.23 bits per heavy atom. The highest BCUT2D eigenvalue weighted by Gasteiger charge is 2.16. The number of carbonyl (C=O) groups excluding carboxylic acids is 1. The van der Waals surface area contributed by atoms with E-state index in [9.17, 15) is 4.79 Å². The fourth-order valence-electron chi connectivity index (χ4n) is 1.95. The van der Waals surface area contributed by atoms with Crippen LogP contribution in [0.3, 0.4) is 0 Å². The number of likely N-dealkylation sites (N-methyl/N-ethyl adjacent to an activating group) is 1. The number of ether oxygens (including phenoxy) is 1. The lowest BCUT2D eigenvalue weighted by Crippen LogP contribution is -2.44. The molecule has 0 radical (unpaired) electrons. The second-order valence-electron chi connectivity index (χ2n) is 6.80. The summed E-state index contributed by atoms with van der Waals surface area (Å²) in [5.41, 5.74) is 1.21. The van der Waals surface area contributed by atoms with Gasteiger partial charge in [-0.3, -0.25) is 4.79 Å². The van der Waals surface area contributed by atoms with Gasteiger partial charge < -0.3 is 20.3 Å². The summed E-state index contributed by atoms with van der Waals surface area (Å²) >= 11 is 1.79. The molecule has 26 heavy (non-hydrogen) atoms. The van der Waals surface area contributed by atoms with E-state index in [1.54, 1.807) is 37.9 Å². The molecule has 0 saturated carbocycles. The minimum Gasteiger partial charge on any atom is -0.497 e. The van der Waals surface area contributed by atoms with Crippen molar-refractivity contribution in [2.24, 2.45) is 4.99 Å². The lowest BCUT2D eigenvalue weighted by Gasteiger charge is -2.24. The summed E-state index contributed by atoms with van der Waals surface area (Å²) in [6.45, 7) is 5.96. The molecule has 1 amide bonds. The molecule has 1 aromatic carbocycles. The largest absolute Gasteiger partial charge is 0.497 e. The molecule has 0 unspecified atom stereocenters. The maximum absolute atomic E-state index is 11.8. The zero-order valence-corrected chi connectivity index (χ0v) is 17.6. The number of hydrogen-bond donors (Lipinski definition) is 2. The predicted molar refractivity (Wildman–Crippen MR) is 111 cm³/mol. The summed E-state index contributed by atoms with van der Waals surface area (Å²) in [5.74, 6) is 1.49. The van der Waals surface area contributed by atoms with Crippen LogP contribution in [-0.4, -0.2) is 68.6 Å². The van der Waals surface area contributed by atoms with Crippen LogP contribution >= 0.6 is 11.8 Å². The first kappa shape index (κ1) is 22.2. The van der Waals surface area contributed by atoms with E-state index in [4.69, 9.17) is 4.74 Å². The fourth-order valence-corrected chi connectivity index (χ4v) is 2.17. The maximum Gasteiger partial charge on any atom is 0.243 e. The van der Waals surface area contributed by atoms with Crippen LogP contribution in [0.4, 0.5) is 0 Å². The Morgan fingerprint density at radius 3 is 2.42 bits per heavy atom. The second-order valence-corrected chi connectivity index (χ2v) is 8.31. The number of thioether (sulfide) groups is 1. The summed E-state index contributed by atoms with van der Waals surface area (Å²) in [5, 5.41) is 6.65. The van der Waals surface area contributed by atoms with E-state index in [2.05, 4.69) is 47.9 Å². The highest BCUT2D eigenvalue weighted by Crippen LogP contribution is 2.19. The Morgan fingerprint density at radius 2 is 1.88 bits per heavy atom. The molecule has 0 aliphatic heterocycles. The highest BCUT2D eigenvalue weighted by molar-refractivity contribution is 7.99. The third-order valence-electron chi connectivity index (χ3n) is 3.97. The quantitative estimate of drug-likeness (QED) is 0.507. The minimum absolute atomic E-state index is 0.0228. The molecule has 0 aromatic heterocycles. The van der Waals surface area contributed by atoms with Crippen LogP contribution in [0.15, 0.2) is 29.3 Å². The van der Waals surface area contributed by atoms with Gasteiger partial charge in [-0.05, 0) is 44.2 Å². The maximum atomic E-state index is 11.8. The first-order valence-electron chi connectivity index (χ1n) is 8.68. The van der Waals surface area contributed by atoms with Crippen molar-refractivity contribution >= 4 is 23.6 Å². The van der Waals surface area contributed by atoms with Gasteiger partial charge in [-0.1, -0.05) is 12.1 Å². The summed E-state index contributed by atoms with van der Waals surface area (Å²) in [6.07, 6.45) is 2.95. The Kier molecular flexibility index (Phi) is 9.34. The number of guanidine groups is 1. The van der Waals surface area contributed by atoms with E-state index in [0.29, 0.717) is 5.96 Å². The zero-order chi connectivity index (χ0) is 19.6. The van der Waals surface area contributed by atoms with Crippen molar-refractivity contribution in [2.75, 3.05) is 47.1 Å². The number of amides is 1. The monoisotopic (exact) mass is 380 g/mol. The summed E-state index contributed by atoms with van der Waals surface area (Å²) in [7, 11) is 5.13. The number of benzene rings is 1. The van der Waals surface area contributed by atoms with Crippen LogP contribution in [0.25, 0.3) is 0 Å². The SMILES string of the molecule is COc1ccc(CCNC(=NCC(=O)N(C)C)NCC(C)(C)SC)cc1. The smallest absolute Gasteiger partial charge is 0.243 e. The van der Waals surface area contributed by atoms with Crippen molar-refractivity contribution in [3.05, 3.63) is 29.8 Å². The summed E-state index contributed by atoms with van der Waals surface area (Å²) in [4.78, 5) is 17.8. The van der Waals surface area contributed by atoms with Crippen molar-refractivity contribution in [1.29, 1.82) is 0 Å². The van der Waals surface area contributed by atoms with Crippen LogP contribution in [0.1, 0.15) is 19.4 Å². The van der Waals surface area contributed by atoms with Crippen LogP contribution in [-0.2, 0) is 11.2 Å². The van der Waals surface area contributed by atoms with Crippen molar-refractivity contribution in [3.63, 3.8) is 0 Å². The van der Waals surface area contributed by atoms with E-state index in [1.165, 1.54) is 5.56 Å². The molecule has 1 aromatic rings. The molecule has 1 rings (SSSR count). The summed E-state index contributed by atoms with van der Waals surface area (Å²) < 4.78 is 5.26. The summed E-state index contributed by atoms with van der Waals surface area (Å²) in [6, 6.07) is 8.02. The number of hydrogen-bond acceptors (Lipinski definition) is 4. The molecule has 2 N–H and O–H groups in total. The molecule has 0 heterocycles. The van der Waals surface area contributed by atoms with Gasteiger partial charge in [0.25, 0.3) is 0 Å². The highest BCUT2D eigenvalue weighted by atomic mass is 32.2. The van der Waals surface area contributed by atoms with Crippen LogP contribution < -0.4 is 15.4 Å². The third-order valence-corrected chi connectivity index (χ3v) is 5.22. The Balaban J connectivity index is 2.61. The van der Waals surface area contributed by atoms with Crippen molar-refractivity contribution in [3.8, 4) is 5.75 Å². The van der Waals surface area contributed by atoms with Crippen molar-refractivity contribution in [2.45, 2.75) is 25.0 Å². The van der Waals surface area contributed by atoms with Gasteiger partial charge >= 0.3 is 0 Å². The molecule has 6 nitrogen and oxygen atoms in total. The Hall–Kier alpha value is -1.89. The van der Waals surface area contributed by atoms with E-state index >= 15 is 0 Å². The number of nitrogens with one attached hydrogen (secondary N) is 2. The molecule has 0 bridgehead atoms. The molecule has 0 aliphatic rings. The number of nitrogens with zero attached hydrogens (tertiary/aromatic N) is 2. The molecule has 0 spiro atoms. The normalized spacial score (nSPS) is 11.8. The van der Waals surface area contributed by atoms with Gasteiger partial charge in [0, 0.05) is 31.9 Å². The van der Waals surface area contributed by atoms with Crippen LogP contribution in [0.2, 0.25) is 0 Å². The van der Waals surface area contributed by atoms with Gasteiger partial charge in [-0.25, -0.2) is 4.99 Å². The van der Waals surface area contributed by atoms with E-state index in [1.807, 2.05) is 12.1 Å². The molecular formula is C19H32N4O2S. The standard InChI is InChI=1S/C19H32N4O2S/c1-19(2,26-6)14-22-18(21-13-17(24)23(3)4)20-12-11-15-7-9-16(25-5)10-8-15/h7-10H,11-14H2,1-6H3,(H2,20,21,22). The topological polar surface area (TPSA) is 66.0 Å². The molecule has 7 heteroatoms. The van der Waals surface area contributed by atoms with E-state index in [-0.39, 0.29) is 17.2 Å². The average molecular weight is 381 g/mol. The minimum atomic E-state index is -0.0228. The van der Waals surface area contributed by atoms with Crippen LogP contribution in [0.5, 0.6) is 5.75 Å². The number of carbonyl (C=O) groups is 1. The van der Waals surface area contributed by atoms with Gasteiger partial charge in [0.2, 0.25) is 5.91 Å². The van der Waals surface area contributed by atoms with Gasteiger partial charge in [0.05, 0.1) is 7.11 Å². The number of rotatable bonds is 9. The fraction of sp³-hybridized carbons (Fsp3) is 0.579. The second kappa shape index (κ2) is 11.0. The molecule has 0 aliphatic carbocycles. The van der Waals surface area contributed by atoms with Gasteiger partial charge in [-0.15, -0.1) is 0 Å². The zero-order valence-electron chi connectivity index (χ0n) is 16.8. The van der Waals surface area contributed by atoms with E-state index in [0.717, 1.165) is 25.3 Å². The number of aliphatic imine (C=N–C) groups is 1. The molecule has 146 valence electrons. The van der Waals surface area contributed by atoms with Gasteiger partial charge in [0.1, 0.15) is 12.3 Å². The average Bonchev–Trinajstić information content (AvgIpc) is 2.63. The Bertz CT molecular complexity index is 586. The Labute approximate surface area is 161 Å². The number of methoxy groups -OCH3 is 1. The molecule has 0 fully saturated rings. The van der Waals surface area contributed by atoms with E-state index < -0.39 is 0 Å². The molecule has 0 saturated heterocycles.